The first-order valence-electron chi connectivity index (χ1n) is 6.37. The SMILES string of the molecule is CSc1ccc(C(C)Nc2cc(Cl)c(C)cc2Cl)cc1. The van der Waals surface area contributed by atoms with Crippen LogP contribution in [0.15, 0.2) is 41.3 Å². The summed E-state index contributed by atoms with van der Waals surface area (Å²) in [6.07, 6.45) is 2.07. The van der Waals surface area contributed by atoms with E-state index in [0.29, 0.717) is 5.02 Å². The first kappa shape index (κ1) is 15.6. The Morgan fingerprint density at radius 3 is 2.30 bits per heavy atom. The molecule has 0 radical (unpaired) electrons. The van der Waals surface area contributed by atoms with Crippen LogP contribution in [0.25, 0.3) is 0 Å². The zero-order valence-corrected chi connectivity index (χ0v) is 14.0. The standard InChI is InChI=1S/C16H17Cl2NS/c1-10-8-15(18)16(9-14(10)17)19-11(2)12-4-6-13(20-3)7-5-12/h4-9,11,19H,1-3H3. The van der Waals surface area contributed by atoms with Gasteiger partial charge in [0, 0.05) is 16.0 Å². The molecule has 0 aliphatic rings. The normalized spacial score (nSPS) is 12.2. The summed E-state index contributed by atoms with van der Waals surface area (Å²) < 4.78 is 0. The molecule has 0 saturated carbocycles. The molecule has 4 heteroatoms. The maximum atomic E-state index is 6.26. The van der Waals surface area contributed by atoms with Crippen LogP contribution in [0.1, 0.15) is 24.1 Å². The third-order valence-electron chi connectivity index (χ3n) is 3.24. The van der Waals surface area contributed by atoms with Gasteiger partial charge in [-0.25, -0.2) is 0 Å². The zero-order chi connectivity index (χ0) is 14.7. The van der Waals surface area contributed by atoms with Crippen molar-refractivity contribution in [3.63, 3.8) is 0 Å². The highest BCUT2D eigenvalue weighted by molar-refractivity contribution is 7.98. The summed E-state index contributed by atoms with van der Waals surface area (Å²) in [6.45, 7) is 4.06. The van der Waals surface area contributed by atoms with Crippen LogP contribution in [0.4, 0.5) is 5.69 Å². The fraction of sp³-hybridized carbons (Fsp3) is 0.250. The fourth-order valence-corrected chi connectivity index (χ4v) is 2.81. The Labute approximate surface area is 134 Å². The van der Waals surface area contributed by atoms with Gasteiger partial charge in [0.1, 0.15) is 0 Å². The van der Waals surface area contributed by atoms with Crippen LogP contribution >= 0.6 is 35.0 Å². The molecular weight excluding hydrogens is 309 g/mol. The van der Waals surface area contributed by atoms with Gasteiger partial charge < -0.3 is 5.32 Å². The van der Waals surface area contributed by atoms with Crippen LogP contribution in [0.2, 0.25) is 10.0 Å². The topological polar surface area (TPSA) is 12.0 Å². The van der Waals surface area contributed by atoms with E-state index in [1.165, 1.54) is 10.5 Å². The number of aryl methyl sites for hydroxylation is 1. The predicted octanol–water partition coefficient (Wildman–Crippen LogP) is 6.20. The molecule has 0 saturated heterocycles. The van der Waals surface area contributed by atoms with Crippen molar-refractivity contribution in [1.82, 2.24) is 0 Å². The summed E-state index contributed by atoms with van der Waals surface area (Å²) in [7, 11) is 0. The second-order valence-electron chi connectivity index (χ2n) is 4.72. The lowest BCUT2D eigenvalue weighted by atomic mass is 10.1. The average Bonchev–Trinajstić information content (AvgIpc) is 2.44. The first-order chi connectivity index (χ1) is 9.51. The van der Waals surface area contributed by atoms with Gasteiger partial charge in [-0.05, 0) is 55.5 Å². The Balaban J connectivity index is 2.18. The van der Waals surface area contributed by atoms with Crippen molar-refractivity contribution in [3.8, 4) is 0 Å². The fourth-order valence-electron chi connectivity index (χ4n) is 1.97. The molecule has 1 atom stereocenters. The maximum Gasteiger partial charge on any atom is 0.0641 e. The van der Waals surface area contributed by atoms with Crippen LogP contribution in [-0.2, 0) is 0 Å². The van der Waals surface area contributed by atoms with Crippen molar-refractivity contribution in [2.45, 2.75) is 24.8 Å². The van der Waals surface area contributed by atoms with Gasteiger partial charge in [0.05, 0.1) is 10.7 Å². The summed E-state index contributed by atoms with van der Waals surface area (Å²) in [6, 6.07) is 12.5. The molecule has 1 nitrogen and oxygen atoms in total. The summed E-state index contributed by atoms with van der Waals surface area (Å²) >= 11 is 14.1. The molecule has 1 unspecified atom stereocenters. The van der Waals surface area contributed by atoms with Crippen molar-refractivity contribution in [3.05, 3.63) is 57.6 Å². The van der Waals surface area contributed by atoms with Gasteiger partial charge >= 0.3 is 0 Å². The van der Waals surface area contributed by atoms with Gasteiger partial charge in [-0.3, -0.25) is 0 Å². The molecule has 0 bridgehead atoms. The van der Waals surface area contributed by atoms with E-state index in [1.54, 1.807) is 11.8 Å². The van der Waals surface area contributed by atoms with Gasteiger partial charge in [0.15, 0.2) is 0 Å². The number of halogens is 2. The zero-order valence-electron chi connectivity index (χ0n) is 11.7. The highest BCUT2D eigenvalue weighted by Gasteiger charge is 2.09. The number of thioether (sulfide) groups is 1. The second kappa shape index (κ2) is 6.75. The van der Waals surface area contributed by atoms with Crippen molar-refractivity contribution in [2.75, 3.05) is 11.6 Å². The Hall–Kier alpha value is -0.830. The lowest BCUT2D eigenvalue weighted by molar-refractivity contribution is 0.883. The quantitative estimate of drug-likeness (QED) is 0.672. The Morgan fingerprint density at radius 1 is 1.05 bits per heavy atom. The number of rotatable bonds is 4. The number of anilines is 1. The highest BCUT2D eigenvalue weighted by Crippen LogP contribution is 2.31. The molecular formula is C16H17Cl2NS. The van der Waals surface area contributed by atoms with Crippen LogP contribution in [-0.4, -0.2) is 6.26 Å². The predicted molar refractivity (Wildman–Crippen MR) is 91.5 cm³/mol. The third kappa shape index (κ3) is 3.63. The van der Waals surface area contributed by atoms with Gasteiger partial charge in [0.25, 0.3) is 0 Å². The van der Waals surface area contributed by atoms with Crippen molar-refractivity contribution in [2.24, 2.45) is 0 Å². The van der Waals surface area contributed by atoms with E-state index in [0.717, 1.165) is 16.3 Å². The molecule has 2 rings (SSSR count). The minimum Gasteiger partial charge on any atom is -0.377 e. The lowest BCUT2D eigenvalue weighted by Crippen LogP contribution is -2.07. The Morgan fingerprint density at radius 2 is 1.70 bits per heavy atom. The van der Waals surface area contributed by atoms with Crippen LogP contribution < -0.4 is 5.32 Å². The molecule has 2 aromatic rings. The summed E-state index contributed by atoms with van der Waals surface area (Å²) in [4.78, 5) is 1.26. The molecule has 0 spiro atoms. The number of benzene rings is 2. The molecule has 0 aliphatic heterocycles. The summed E-state index contributed by atoms with van der Waals surface area (Å²) in [5.41, 5.74) is 3.07. The summed E-state index contributed by atoms with van der Waals surface area (Å²) in [5, 5.41) is 4.83. The summed E-state index contributed by atoms with van der Waals surface area (Å²) in [5.74, 6) is 0. The number of nitrogens with one attached hydrogen (secondary N) is 1. The number of hydrogen-bond donors (Lipinski definition) is 1. The minimum atomic E-state index is 0.169. The van der Waals surface area contributed by atoms with Crippen molar-refractivity contribution < 1.29 is 0 Å². The van der Waals surface area contributed by atoms with Gasteiger partial charge in [-0.2, -0.15) is 0 Å². The van der Waals surface area contributed by atoms with E-state index in [-0.39, 0.29) is 6.04 Å². The molecule has 2 aromatic carbocycles. The molecule has 0 aromatic heterocycles. The Bertz CT molecular complexity index is 596. The van der Waals surface area contributed by atoms with Gasteiger partial charge in [-0.15, -0.1) is 11.8 Å². The van der Waals surface area contributed by atoms with Crippen molar-refractivity contribution in [1.29, 1.82) is 0 Å². The van der Waals surface area contributed by atoms with Crippen molar-refractivity contribution >= 4 is 40.7 Å². The average molecular weight is 326 g/mol. The van der Waals surface area contributed by atoms with E-state index >= 15 is 0 Å². The Kier molecular flexibility index (Phi) is 5.25. The van der Waals surface area contributed by atoms with E-state index in [1.807, 2.05) is 19.1 Å². The molecule has 106 valence electrons. The van der Waals surface area contributed by atoms with E-state index in [4.69, 9.17) is 23.2 Å². The monoisotopic (exact) mass is 325 g/mol. The van der Waals surface area contributed by atoms with Crippen LogP contribution in [0, 0.1) is 6.92 Å². The van der Waals surface area contributed by atoms with Gasteiger partial charge in [-0.1, -0.05) is 35.3 Å². The highest BCUT2D eigenvalue weighted by atomic mass is 35.5. The molecule has 1 N–H and O–H groups in total. The smallest absolute Gasteiger partial charge is 0.0641 e. The molecule has 0 fully saturated rings. The minimum absolute atomic E-state index is 0.169. The second-order valence-corrected chi connectivity index (χ2v) is 6.41. The van der Waals surface area contributed by atoms with E-state index in [9.17, 15) is 0 Å². The molecule has 0 amide bonds. The van der Waals surface area contributed by atoms with Gasteiger partial charge in [0.2, 0.25) is 0 Å². The first-order valence-corrected chi connectivity index (χ1v) is 8.35. The van der Waals surface area contributed by atoms with Crippen LogP contribution in [0.5, 0.6) is 0 Å². The van der Waals surface area contributed by atoms with E-state index < -0.39 is 0 Å². The molecule has 0 heterocycles. The van der Waals surface area contributed by atoms with Crippen LogP contribution in [0.3, 0.4) is 0 Å². The molecule has 20 heavy (non-hydrogen) atoms. The number of hydrogen-bond acceptors (Lipinski definition) is 2. The lowest BCUT2D eigenvalue weighted by Gasteiger charge is -2.18. The van der Waals surface area contributed by atoms with E-state index in [2.05, 4.69) is 42.8 Å². The maximum absolute atomic E-state index is 6.26. The molecule has 0 aliphatic carbocycles. The third-order valence-corrected chi connectivity index (χ3v) is 4.70. The largest absolute Gasteiger partial charge is 0.377 e.